The van der Waals surface area contributed by atoms with Crippen LogP contribution >= 0.6 is 11.3 Å². The van der Waals surface area contributed by atoms with Gasteiger partial charge in [-0.05, 0) is 31.4 Å². The summed E-state index contributed by atoms with van der Waals surface area (Å²) in [7, 11) is 0. The number of carbonyl (C=O) groups is 1. The van der Waals surface area contributed by atoms with Crippen molar-refractivity contribution in [1.29, 1.82) is 0 Å². The van der Waals surface area contributed by atoms with E-state index < -0.39 is 0 Å². The fourth-order valence-corrected chi connectivity index (χ4v) is 2.81. The number of esters is 1. The third-order valence-electron chi connectivity index (χ3n) is 3.63. The molecule has 0 aliphatic heterocycles. The maximum Gasteiger partial charge on any atom is 0.309 e. The predicted octanol–water partition coefficient (Wildman–Crippen LogP) is 3.89. The van der Waals surface area contributed by atoms with Crippen LogP contribution in [-0.4, -0.2) is 11.0 Å². The van der Waals surface area contributed by atoms with Crippen molar-refractivity contribution in [2.24, 2.45) is 11.8 Å². The zero-order chi connectivity index (χ0) is 14.8. The summed E-state index contributed by atoms with van der Waals surface area (Å²) >= 11 is 1.51. The molecule has 1 aromatic carbocycles. The first-order chi connectivity index (χ1) is 10.1. The van der Waals surface area contributed by atoms with Crippen LogP contribution < -0.4 is 5.32 Å². The highest BCUT2D eigenvalue weighted by Crippen LogP contribution is 2.38. The van der Waals surface area contributed by atoms with Crippen LogP contribution in [0.4, 0.5) is 10.8 Å². The van der Waals surface area contributed by atoms with Gasteiger partial charge in [-0.15, -0.1) is 11.3 Å². The van der Waals surface area contributed by atoms with E-state index in [1.807, 2.05) is 17.5 Å². The van der Waals surface area contributed by atoms with Crippen molar-refractivity contribution >= 4 is 28.1 Å². The monoisotopic (exact) mass is 302 g/mol. The van der Waals surface area contributed by atoms with Crippen molar-refractivity contribution in [2.75, 3.05) is 5.32 Å². The highest BCUT2D eigenvalue weighted by Gasteiger charge is 2.40. The summed E-state index contributed by atoms with van der Waals surface area (Å²) in [4.78, 5) is 16.1. The average Bonchev–Trinajstić information content (AvgIpc) is 3.04. The van der Waals surface area contributed by atoms with Gasteiger partial charge >= 0.3 is 5.97 Å². The molecule has 1 saturated carbocycles. The molecule has 0 amide bonds. The van der Waals surface area contributed by atoms with Crippen molar-refractivity contribution in [3.05, 3.63) is 40.9 Å². The first-order valence-corrected chi connectivity index (χ1v) is 7.94. The minimum atomic E-state index is -0.0939. The molecule has 1 aliphatic carbocycles. The average molecular weight is 302 g/mol. The molecule has 2 atom stereocenters. The Morgan fingerprint density at radius 1 is 1.43 bits per heavy atom. The van der Waals surface area contributed by atoms with E-state index in [4.69, 9.17) is 4.74 Å². The SMILES string of the molecule is Cc1ccc(Nc2nc(COC(=O)[C@H]3C[C@@H]3C)cs2)cc1. The molecule has 0 radical (unpaired) electrons. The Hall–Kier alpha value is -1.88. The minimum absolute atomic E-state index is 0.0939. The largest absolute Gasteiger partial charge is 0.459 e. The summed E-state index contributed by atoms with van der Waals surface area (Å²) in [6.45, 7) is 4.38. The summed E-state index contributed by atoms with van der Waals surface area (Å²) in [5.74, 6) is 0.490. The second kappa shape index (κ2) is 5.85. The van der Waals surface area contributed by atoms with E-state index >= 15 is 0 Å². The van der Waals surface area contributed by atoms with E-state index in [1.54, 1.807) is 0 Å². The smallest absolute Gasteiger partial charge is 0.309 e. The molecule has 1 fully saturated rings. The van der Waals surface area contributed by atoms with Crippen LogP contribution in [0.2, 0.25) is 0 Å². The lowest BCUT2D eigenvalue weighted by Gasteiger charge is -2.03. The van der Waals surface area contributed by atoms with E-state index in [0.717, 1.165) is 22.9 Å². The summed E-state index contributed by atoms with van der Waals surface area (Å²) in [5, 5.41) is 5.97. The third-order valence-corrected chi connectivity index (χ3v) is 4.44. The molecule has 1 aromatic heterocycles. The van der Waals surface area contributed by atoms with Gasteiger partial charge in [-0.2, -0.15) is 0 Å². The van der Waals surface area contributed by atoms with Gasteiger partial charge in [0.1, 0.15) is 6.61 Å². The summed E-state index contributed by atoms with van der Waals surface area (Å²) < 4.78 is 5.28. The molecule has 0 bridgehead atoms. The van der Waals surface area contributed by atoms with Gasteiger partial charge < -0.3 is 10.1 Å². The van der Waals surface area contributed by atoms with Gasteiger partial charge in [-0.3, -0.25) is 4.79 Å². The second-order valence-electron chi connectivity index (χ2n) is 5.56. The van der Waals surface area contributed by atoms with Gasteiger partial charge in [0.15, 0.2) is 5.13 Å². The second-order valence-corrected chi connectivity index (χ2v) is 6.42. The molecule has 21 heavy (non-hydrogen) atoms. The first-order valence-electron chi connectivity index (χ1n) is 7.06. The maximum atomic E-state index is 11.7. The highest BCUT2D eigenvalue weighted by atomic mass is 32.1. The Balaban J connectivity index is 1.53. The number of aromatic nitrogens is 1. The third kappa shape index (κ3) is 3.61. The minimum Gasteiger partial charge on any atom is -0.459 e. The fourth-order valence-electron chi connectivity index (χ4n) is 2.09. The summed E-state index contributed by atoms with van der Waals surface area (Å²) in [5.41, 5.74) is 3.02. The van der Waals surface area contributed by atoms with Crippen LogP contribution in [0.1, 0.15) is 24.6 Å². The number of ether oxygens (including phenoxy) is 1. The lowest BCUT2D eigenvalue weighted by molar-refractivity contribution is -0.146. The van der Waals surface area contributed by atoms with Gasteiger partial charge in [0.05, 0.1) is 11.6 Å². The Morgan fingerprint density at radius 3 is 2.81 bits per heavy atom. The molecule has 0 unspecified atom stereocenters. The molecular formula is C16H18N2O2S. The zero-order valence-electron chi connectivity index (χ0n) is 12.1. The van der Waals surface area contributed by atoms with E-state index in [9.17, 15) is 4.79 Å². The van der Waals surface area contributed by atoms with Crippen LogP contribution in [0.15, 0.2) is 29.6 Å². The van der Waals surface area contributed by atoms with Crippen LogP contribution in [0.3, 0.4) is 0 Å². The van der Waals surface area contributed by atoms with Gasteiger partial charge in [-0.1, -0.05) is 24.6 Å². The number of benzene rings is 1. The van der Waals surface area contributed by atoms with Crippen molar-refractivity contribution in [3.63, 3.8) is 0 Å². The van der Waals surface area contributed by atoms with Gasteiger partial charge in [0.2, 0.25) is 0 Å². The lowest BCUT2D eigenvalue weighted by atomic mass is 10.2. The van der Waals surface area contributed by atoms with Crippen LogP contribution in [-0.2, 0) is 16.1 Å². The Morgan fingerprint density at radius 2 is 2.14 bits per heavy atom. The fraction of sp³-hybridized carbons (Fsp3) is 0.375. The maximum absolute atomic E-state index is 11.7. The van der Waals surface area contributed by atoms with E-state index in [-0.39, 0.29) is 18.5 Å². The zero-order valence-corrected chi connectivity index (χ0v) is 12.9. The van der Waals surface area contributed by atoms with Crippen molar-refractivity contribution in [1.82, 2.24) is 4.98 Å². The van der Waals surface area contributed by atoms with Crippen molar-refractivity contribution < 1.29 is 9.53 Å². The molecule has 1 aliphatic rings. The van der Waals surface area contributed by atoms with Gasteiger partial charge in [0, 0.05) is 11.1 Å². The Kier molecular flexibility index (Phi) is 3.92. The van der Waals surface area contributed by atoms with Gasteiger partial charge in [0.25, 0.3) is 0 Å². The number of nitrogens with zero attached hydrogens (tertiary/aromatic N) is 1. The Bertz CT molecular complexity index is 636. The normalized spacial score (nSPS) is 20.1. The lowest BCUT2D eigenvalue weighted by Crippen LogP contribution is -2.07. The number of carbonyl (C=O) groups excluding carboxylic acids is 1. The van der Waals surface area contributed by atoms with Crippen LogP contribution in [0.25, 0.3) is 0 Å². The summed E-state index contributed by atoms with van der Waals surface area (Å²) in [6.07, 6.45) is 0.954. The molecule has 3 rings (SSSR count). The molecule has 1 heterocycles. The quantitative estimate of drug-likeness (QED) is 0.851. The van der Waals surface area contributed by atoms with Crippen molar-refractivity contribution in [2.45, 2.75) is 26.9 Å². The van der Waals surface area contributed by atoms with E-state index in [2.05, 4.69) is 36.3 Å². The standard InChI is InChI=1S/C16H18N2O2S/c1-10-3-5-12(6-4-10)17-16-18-13(9-21-16)8-20-15(19)14-7-11(14)2/h3-6,9,11,14H,7-8H2,1-2H3,(H,17,18)/t11-,14-/m0/s1. The number of hydrogen-bond acceptors (Lipinski definition) is 5. The highest BCUT2D eigenvalue weighted by molar-refractivity contribution is 7.13. The van der Waals surface area contributed by atoms with E-state index in [0.29, 0.717) is 5.92 Å². The van der Waals surface area contributed by atoms with Crippen LogP contribution in [0.5, 0.6) is 0 Å². The first kappa shape index (κ1) is 14.1. The number of nitrogens with one attached hydrogen (secondary N) is 1. The molecule has 4 nitrogen and oxygen atoms in total. The topological polar surface area (TPSA) is 51.2 Å². The number of hydrogen-bond donors (Lipinski definition) is 1. The number of rotatable bonds is 5. The predicted molar refractivity (Wildman–Crippen MR) is 83.6 cm³/mol. The van der Waals surface area contributed by atoms with Crippen LogP contribution in [0, 0.1) is 18.8 Å². The molecular weight excluding hydrogens is 284 g/mol. The number of aryl methyl sites for hydroxylation is 1. The molecule has 5 heteroatoms. The van der Waals surface area contributed by atoms with E-state index in [1.165, 1.54) is 16.9 Å². The Labute approximate surface area is 128 Å². The molecule has 0 spiro atoms. The number of thiazole rings is 1. The van der Waals surface area contributed by atoms with Crippen molar-refractivity contribution in [3.8, 4) is 0 Å². The molecule has 2 aromatic rings. The molecule has 1 N–H and O–H groups in total. The van der Waals surface area contributed by atoms with Gasteiger partial charge in [-0.25, -0.2) is 4.98 Å². The summed E-state index contributed by atoms with van der Waals surface area (Å²) in [6, 6.07) is 8.14. The molecule has 0 saturated heterocycles. The molecule has 110 valence electrons. The number of anilines is 2.